The first-order valence-corrected chi connectivity index (χ1v) is 6.27. The summed E-state index contributed by atoms with van der Waals surface area (Å²) in [5.41, 5.74) is 0. The fourth-order valence-electron chi connectivity index (χ4n) is 2.73. The van der Waals surface area contributed by atoms with Crippen LogP contribution in [0.1, 0.15) is 32.6 Å². The smallest absolute Gasteiger partial charge is 0.320 e. The van der Waals surface area contributed by atoms with Gasteiger partial charge in [0.2, 0.25) is 0 Å². The Morgan fingerprint density at radius 1 is 1.35 bits per heavy atom. The highest BCUT2D eigenvalue weighted by Gasteiger charge is 2.41. The van der Waals surface area contributed by atoms with E-state index in [0.29, 0.717) is 19.3 Å². The number of carboxylic acids is 1. The van der Waals surface area contributed by atoms with Crippen LogP contribution in [0.3, 0.4) is 0 Å². The van der Waals surface area contributed by atoms with E-state index in [1.54, 1.807) is 6.92 Å². The summed E-state index contributed by atoms with van der Waals surface area (Å²) >= 11 is 0. The third-order valence-corrected chi connectivity index (χ3v) is 4.07. The average molecular weight is 243 g/mol. The minimum Gasteiger partial charge on any atom is -0.480 e. The molecular weight excluding hydrogens is 222 g/mol. The number of rotatable bonds is 3. The van der Waals surface area contributed by atoms with Crippen LogP contribution in [0.25, 0.3) is 0 Å². The molecule has 1 heterocycles. The van der Waals surface area contributed by atoms with E-state index in [1.165, 1.54) is 0 Å². The standard InChI is InChI=1S/C12H21NO4/c1-9(11(14)15)13(2)10-3-5-12(6-4-10)16-7-8-17-12/h9-10H,3-8H2,1-2H3,(H,14,15). The van der Waals surface area contributed by atoms with Crippen molar-refractivity contribution >= 4 is 5.97 Å². The second-order valence-corrected chi connectivity index (χ2v) is 5.02. The van der Waals surface area contributed by atoms with E-state index in [4.69, 9.17) is 14.6 Å². The van der Waals surface area contributed by atoms with Crippen LogP contribution in [0, 0.1) is 0 Å². The molecule has 1 saturated heterocycles. The number of hydrogen-bond donors (Lipinski definition) is 1. The molecule has 1 aliphatic heterocycles. The van der Waals surface area contributed by atoms with E-state index < -0.39 is 12.0 Å². The first kappa shape index (κ1) is 12.8. The van der Waals surface area contributed by atoms with Gasteiger partial charge in [0.1, 0.15) is 6.04 Å². The quantitative estimate of drug-likeness (QED) is 0.803. The highest BCUT2D eigenvalue weighted by molar-refractivity contribution is 5.72. The molecule has 1 aliphatic carbocycles. The van der Waals surface area contributed by atoms with Crippen molar-refractivity contribution in [1.29, 1.82) is 0 Å². The van der Waals surface area contributed by atoms with Gasteiger partial charge in [0.05, 0.1) is 13.2 Å². The fourth-order valence-corrected chi connectivity index (χ4v) is 2.73. The van der Waals surface area contributed by atoms with Gasteiger partial charge in [0, 0.05) is 18.9 Å². The minimum atomic E-state index is -0.763. The Kier molecular flexibility index (Phi) is 3.70. The normalized spacial score (nSPS) is 26.5. The molecule has 0 bridgehead atoms. The van der Waals surface area contributed by atoms with Gasteiger partial charge in [-0.3, -0.25) is 9.69 Å². The summed E-state index contributed by atoms with van der Waals surface area (Å²) in [5, 5.41) is 9.00. The number of carboxylic acid groups (broad SMARTS) is 1. The Hall–Kier alpha value is -0.650. The van der Waals surface area contributed by atoms with E-state index in [-0.39, 0.29) is 5.79 Å². The Bertz CT molecular complexity index is 278. The zero-order valence-electron chi connectivity index (χ0n) is 10.5. The molecule has 0 aromatic carbocycles. The Morgan fingerprint density at radius 2 is 1.88 bits per heavy atom. The maximum absolute atomic E-state index is 10.9. The number of hydrogen-bond acceptors (Lipinski definition) is 4. The molecule has 1 saturated carbocycles. The van der Waals surface area contributed by atoms with Gasteiger partial charge in [-0.15, -0.1) is 0 Å². The van der Waals surface area contributed by atoms with Crippen LogP contribution in [-0.2, 0) is 14.3 Å². The molecule has 2 aliphatic rings. The lowest BCUT2D eigenvalue weighted by Crippen LogP contribution is -2.47. The Morgan fingerprint density at radius 3 is 2.35 bits per heavy atom. The SMILES string of the molecule is CC(C(=O)O)N(C)C1CCC2(CC1)OCCO2. The first-order valence-electron chi connectivity index (χ1n) is 6.27. The summed E-state index contributed by atoms with van der Waals surface area (Å²) in [7, 11) is 1.89. The zero-order valence-corrected chi connectivity index (χ0v) is 10.5. The molecular formula is C12H21NO4. The fraction of sp³-hybridized carbons (Fsp3) is 0.917. The van der Waals surface area contributed by atoms with E-state index in [1.807, 2.05) is 11.9 Å². The number of nitrogens with zero attached hydrogens (tertiary/aromatic N) is 1. The van der Waals surface area contributed by atoms with Crippen LogP contribution >= 0.6 is 0 Å². The van der Waals surface area contributed by atoms with Crippen LogP contribution in [0.15, 0.2) is 0 Å². The summed E-state index contributed by atoms with van der Waals surface area (Å²) in [6, 6.07) is -0.112. The van der Waals surface area contributed by atoms with Crippen molar-refractivity contribution in [3.8, 4) is 0 Å². The van der Waals surface area contributed by atoms with Crippen LogP contribution in [-0.4, -0.2) is 54.1 Å². The molecule has 1 spiro atoms. The summed E-state index contributed by atoms with van der Waals surface area (Å²) in [4.78, 5) is 12.9. The number of ether oxygens (including phenoxy) is 2. The zero-order chi connectivity index (χ0) is 12.5. The largest absolute Gasteiger partial charge is 0.480 e. The average Bonchev–Trinajstić information content (AvgIpc) is 2.76. The van der Waals surface area contributed by atoms with Gasteiger partial charge in [-0.2, -0.15) is 0 Å². The van der Waals surface area contributed by atoms with Crippen LogP contribution in [0.5, 0.6) is 0 Å². The summed E-state index contributed by atoms with van der Waals surface area (Å²) in [6.07, 6.45) is 3.62. The van der Waals surface area contributed by atoms with Crippen LogP contribution < -0.4 is 0 Å². The second-order valence-electron chi connectivity index (χ2n) is 5.02. The van der Waals surface area contributed by atoms with Crippen molar-refractivity contribution < 1.29 is 19.4 Å². The molecule has 98 valence electrons. The maximum Gasteiger partial charge on any atom is 0.320 e. The number of likely N-dealkylation sites (N-methyl/N-ethyl adjacent to an activating group) is 1. The summed E-state index contributed by atoms with van der Waals surface area (Å²) in [5.74, 6) is -1.12. The highest BCUT2D eigenvalue weighted by atomic mass is 16.7. The molecule has 0 amide bonds. The van der Waals surface area contributed by atoms with Gasteiger partial charge >= 0.3 is 5.97 Å². The predicted octanol–water partition coefficient (Wildman–Crippen LogP) is 1.08. The highest BCUT2D eigenvalue weighted by Crippen LogP contribution is 2.37. The third kappa shape index (κ3) is 2.61. The van der Waals surface area contributed by atoms with Gasteiger partial charge in [-0.1, -0.05) is 0 Å². The third-order valence-electron chi connectivity index (χ3n) is 4.07. The monoisotopic (exact) mass is 243 g/mol. The van der Waals surface area contributed by atoms with Crippen molar-refractivity contribution in [3.05, 3.63) is 0 Å². The molecule has 5 heteroatoms. The van der Waals surface area contributed by atoms with E-state index in [2.05, 4.69) is 0 Å². The first-order chi connectivity index (χ1) is 8.04. The van der Waals surface area contributed by atoms with Crippen molar-refractivity contribution in [1.82, 2.24) is 4.90 Å². The molecule has 2 fully saturated rings. The lowest BCUT2D eigenvalue weighted by atomic mass is 9.88. The molecule has 1 N–H and O–H groups in total. The molecule has 2 rings (SSSR count). The molecule has 17 heavy (non-hydrogen) atoms. The van der Waals surface area contributed by atoms with Gasteiger partial charge in [0.25, 0.3) is 0 Å². The molecule has 0 radical (unpaired) electrons. The Balaban J connectivity index is 1.88. The van der Waals surface area contributed by atoms with Crippen molar-refractivity contribution in [2.75, 3.05) is 20.3 Å². The predicted molar refractivity (Wildman–Crippen MR) is 61.8 cm³/mol. The lowest BCUT2D eigenvalue weighted by Gasteiger charge is -2.40. The van der Waals surface area contributed by atoms with Gasteiger partial charge in [-0.25, -0.2) is 0 Å². The van der Waals surface area contributed by atoms with E-state index in [0.717, 1.165) is 25.7 Å². The van der Waals surface area contributed by atoms with Crippen LogP contribution in [0.2, 0.25) is 0 Å². The molecule has 1 unspecified atom stereocenters. The van der Waals surface area contributed by atoms with Gasteiger partial charge in [0.15, 0.2) is 5.79 Å². The second kappa shape index (κ2) is 4.92. The molecule has 0 aromatic rings. The van der Waals surface area contributed by atoms with Crippen LogP contribution in [0.4, 0.5) is 0 Å². The van der Waals surface area contributed by atoms with Crippen molar-refractivity contribution in [3.63, 3.8) is 0 Å². The lowest BCUT2D eigenvalue weighted by molar-refractivity contribution is -0.184. The summed E-state index contributed by atoms with van der Waals surface area (Å²) in [6.45, 7) is 3.10. The number of aliphatic carboxylic acids is 1. The minimum absolute atomic E-state index is 0.319. The van der Waals surface area contributed by atoms with Gasteiger partial charge in [-0.05, 0) is 26.8 Å². The molecule has 5 nitrogen and oxygen atoms in total. The van der Waals surface area contributed by atoms with Crippen molar-refractivity contribution in [2.24, 2.45) is 0 Å². The Labute approximate surface area is 102 Å². The molecule has 0 aromatic heterocycles. The summed E-state index contributed by atoms with van der Waals surface area (Å²) < 4.78 is 11.3. The maximum atomic E-state index is 10.9. The van der Waals surface area contributed by atoms with Gasteiger partial charge < -0.3 is 14.6 Å². The van der Waals surface area contributed by atoms with E-state index >= 15 is 0 Å². The van der Waals surface area contributed by atoms with Crippen molar-refractivity contribution in [2.45, 2.75) is 50.5 Å². The van der Waals surface area contributed by atoms with E-state index in [9.17, 15) is 4.79 Å². The topological polar surface area (TPSA) is 59.0 Å². The molecule has 1 atom stereocenters. The number of carbonyl (C=O) groups is 1.